The average Bonchev–Trinajstić information content (AvgIpc) is 2.31. The molecule has 0 radical (unpaired) electrons. The smallest absolute Gasteiger partial charge is 0.156 e. The Hall–Kier alpha value is -0.830. The Labute approximate surface area is 65.6 Å². The average molecular weight is 152 g/mol. The molecule has 3 heteroatoms. The summed E-state index contributed by atoms with van der Waals surface area (Å²) in [6, 6.07) is 1.93. The first-order valence-corrected chi connectivity index (χ1v) is 3.93. The first-order chi connectivity index (χ1) is 5.21. The fourth-order valence-electron chi connectivity index (χ4n) is 1.40. The van der Waals surface area contributed by atoms with Gasteiger partial charge >= 0.3 is 0 Å². The highest BCUT2D eigenvalue weighted by Gasteiger charge is 2.37. The molecule has 1 aliphatic carbocycles. The number of hydrogen-bond donors (Lipinski definition) is 1. The van der Waals surface area contributed by atoms with E-state index in [9.17, 15) is 0 Å². The van der Waals surface area contributed by atoms with E-state index in [0.717, 1.165) is 24.3 Å². The molecule has 2 rings (SSSR count). The van der Waals surface area contributed by atoms with Gasteiger partial charge in [0.05, 0.1) is 11.2 Å². The summed E-state index contributed by atoms with van der Waals surface area (Å²) in [5.41, 5.74) is 6.72. The van der Waals surface area contributed by atoms with Crippen LogP contribution in [0.2, 0.25) is 0 Å². The summed E-state index contributed by atoms with van der Waals surface area (Å²) >= 11 is 0. The number of nitrogens with zero attached hydrogens (tertiary/aromatic N) is 1. The summed E-state index contributed by atoms with van der Waals surface area (Å²) in [6.07, 6.45) is 3.26. The maximum absolute atomic E-state index is 6.00. The molecule has 0 atom stereocenters. The van der Waals surface area contributed by atoms with E-state index in [4.69, 9.17) is 10.3 Å². The van der Waals surface area contributed by atoms with Crippen molar-refractivity contribution in [2.45, 2.75) is 31.7 Å². The molecule has 0 aliphatic heterocycles. The number of hydrogen-bond acceptors (Lipinski definition) is 3. The van der Waals surface area contributed by atoms with Gasteiger partial charge in [-0.1, -0.05) is 5.16 Å². The highest BCUT2D eigenvalue weighted by Crippen LogP contribution is 2.38. The van der Waals surface area contributed by atoms with Gasteiger partial charge in [0.2, 0.25) is 0 Å². The predicted octanol–water partition coefficient (Wildman–Crippen LogP) is 1.32. The molecule has 0 amide bonds. The lowest BCUT2D eigenvalue weighted by Gasteiger charge is -2.35. The van der Waals surface area contributed by atoms with E-state index in [1.54, 1.807) is 0 Å². The molecule has 1 aromatic heterocycles. The van der Waals surface area contributed by atoms with Crippen LogP contribution in [0.3, 0.4) is 0 Å². The molecule has 1 heterocycles. The lowest BCUT2D eigenvalue weighted by Crippen LogP contribution is -2.42. The van der Waals surface area contributed by atoms with Crippen molar-refractivity contribution >= 4 is 0 Å². The molecule has 1 aromatic rings. The minimum absolute atomic E-state index is 0.193. The highest BCUT2D eigenvalue weighted by atomic mass is 16.5. The molecule has 0 unspecified atom stereocenters. The van der Waals surface area contributed by atoms with Crippen molar-refractivity contribution in [1.29, 1.82) is 0 Å². The topological polar surface area (TPSA) is 52.0 Å². The molecule has 3 nitrogen and oxygen atoms in total. The Morgan fingerprint density at radius 3 is 2.73 bits per heavy atom. The number of rotatable bonds is 1. The lowest BCUT2D eigenvalue weighted by atomic mass is 9.76. The Morgan fingerprint density at radius 2 is 2.36 bits per heavy atom. The van der Waals surface area contributed by atoms with Crippen LogP contribution in [-0.4, -0.2) is 5.16 Å². The van der Waals surface area contributed by atoms with Crippen molar-refractivity contribution in [2.75, 3.05) is 0 Å². The largest absolute Gasteiger partial charge is 0.359 e. The van der Waals surface area contributed by atoms with Gasteiger partial charge in [-0.2, -0.15) is 0 Å². The van der Waals surface area contributed by atoms with Crippen LogP contribution >= 0.6 is 0 Å². The summed E-state index contributed by atoms with van der Waals surface area (Å²) in [7, 11) is 0. The van der Waals surface area contributed by atoms with Crippen LogP contribution in [0.15, 0.2) is 10.6 Å². The normalized spacial score (nSPS) is 21.3. The fourth-order valence-corrected chi connectivity index (χ4v) is 1.40. The van der Waals surface area contributed by atoms with Crippen LogP contribution in [-0.2, 0) is 5.54 Å². The van der Waals surface area contributed by atoms with Crippen molar-refractivity contribution in [1.82, 2.24) is 5.16 Å². The lowest BCUT2D eigenvalue weighted by molar-refractivity contribution is 0.189. The number of aromatic nitrogens is 1. The van der Waals surface area contributed by atoms with Gasteiger partial charge in [0.1, 0.15) is 0 Å². The second-order valence-corrected chi connectivity index (χ2v) is 3.34. The standard InChI is InChI=1S/C8H12N2O/c1-6-5-7(11-10-6)8(9)3-2-4-8/h5H,2-4,9H2,1H3. The van der Waals surface area contributed by atoms with Gasteiger partial charge in [-0.25, -0.2) is 0 Å². The minimum Gasteiger partial charge on any atom is -0.359 e. The molecule has 1 aliphatic rings. The Bertz CT molecular complexity index is 263. The number of aryl methyl sites for hydroxylation is 1. The third-order valence-corrected chi connectivity index (χ3v) is 2.36. The van der Waals surface area contributed by atoms with Crippen molar-refractivity contribution in [3.05, 3.63) is 17.5 Å². The van der Waals surface area contributed by atoms with E-state index < -0.39 is 0 Å². The molecule has 60 valence electrons. The minimum atomic E-state index is -0.193. The van der Waals surface area contributed by atoms with E-state index in [-0.39, 0.29) is 5.54 Å². The van der Waals surface area contributed by atoms with E-state index >= 15 is 0 Å². The molecule has 11 heavy (non-hydrogen) atoms. The van der Waals surface area contributed by atoms with Gasteiger partial charge in [-0.05, 0) is 26.2 Å². The van der Waals surface area contributed by atoms with Gasteiger partial charge < -0.3 is 10.3 Å². The SMILES string of the molecule is Cc1cc(C2(N)CCC2)on1. The molecule has 0 aromatic carbocycles. The quantitative estimate of drug-likeness (QED) is 0.660. The second-order valence-electron chi connectivity index (χ2n) is 3.34. The number of nitrogens with two attached hydrogens (primary N) is 1. The van der Waals surface area contributed by atoms with E-state index in [2.05, 4.69) is 5.16 Å². The molecule has 1 saturated carbocycles. The summed E-state index contributed by atoms with van der Waals surface area (Å²) in [5.74, 6) is 0.848. The van der Waals surface area contributed by atoms with Crippen molar-refractivity contribution in [3.63, 3.8) is 0 Å². The Kier molecular flexibility index (Phi) is 1.29. The maximum atomic E-state index is 6.00. The summed E-state index contributed by atoms with van der Waals surface area (Å²) in [6.45, 7) is 1.91. The molecule has 0 spiro atoms. The van der Waals surface area contributed by atoms with Gasteiger partial charge in [0.25, 0.3) is 0 Å². The molecule has 2 N–H and O–H groups in total. The molecule has 0 saturated heterocycles. The van der Waals surface area contributed by atoms with Crippen LogP contribution in [0, 0.1) is 6.92 Å². The summed E-state index contributed by atoms with van der Waals surface area (Å²) in [4.78, 5) is 0. The third-order valence-electron chi connectivity index (χ3n) is 2.36. The van der Waals surface area contributed by atoms with E-state index in [0.29, 0.717) is 0 Å². The van der Waals surface area contributed by atoms with Gasteiger partial charge in [-0.3, -0.25) is 0 Å². The zero-order valence-corrected chi connectivity index (χ0v) is 6.63. The van der Waals surface area contributed by atoms with Crippen LogP contribution < -0.4 is 5.73 Å². The van der Waals surface area contributed by atoms with Gasteiger partial charge in [0, 0.05) is 6.07 Å². The molecule has 1 fully saturated rings. The zero-order chi connectivity index (χ0) is 7.90. The second kappa shape index (κ2) is 2.08. The van der Waals surface area contributed by atoms with Gasteiger partial charge in [0.15, 0.2) is 5.76 Å². The summed E-state index contributed by atoms with van der Waals surface area (Å²) in [5, 5.41) is 3.81. The van der Waals surface area contributed by atoms with Crippen LogP contribution in [0.1, 0.15) is 30.7 Å². The first kappa shape index (κ1) is 6.85. The highest BCUT2D eigenvalue weighted by molar-refractivity contribution is 5.16. The fraction of sp³-hybridized carbons (Fsp3) is 0.625. The Balaban J connectivity index is 2.28. The third kappa shape index (κ3) is 0.959. The van der Waals surface area contributed by atoms with Crippen molar-refractivity contribution in [3.8, 4) is 0 Å². The van der Waals surface area contributed by atoms with E-state index in [1.807, 2.05) is 13.0 Å². The van der Waals surface area contributed by atoms with Crippen LogP contribution in [0.5, 0.6) is 0 Å². The molecule has 0 bridgehead atoms. The van der Waals surface area contributed by atoms with Crippen molar-refractivity contribution in [2.24, 2.45) is 5.73 Å². The maximum Gasteiger partial charge on any atom is 0.156 e. The predicted molar refractivity (Wildman–Crippen MR) is 41.0 cm³/mol. The van der Waals surface area contributed by atoms with Crippen LogP contribution in [0.4, 0.5) is 0 Å². The monoisotopic (exact) mass is 152 g/mol. The Morgan fingerprint density at radius 1 is 1.64 bits per heavy atom. The van der Waals surface area contributed by atoms with Gasteiger partial charge in [-0.15, -0.1) is 0 Å². The molecular formula is C8H12N2O. The van der Waals surface area contributed by atoms with Crippen LogP contribution in [0.25, 0.3) is 0 Å². The van der Waals surface area contributed by atoms with Crippen molar-refractivity contribution < 1.29 is 4.52 Å². The summed E-state index contributed by atoms with van der Waals surface area (Å²) < 4.78 is 5.10. The zero-order valence-electron chi connectivity index (χ0n) is 6.63. The van der Waals surface area contributed by atoms with E-state index in [1.165, 1.54) is 6.42 Å². The molecular weight excluding hydrogens is 140 g/mol. The first-order valence-electron chi connectivity index (χ1n) is 3.93.